The Labute approximate surface area is 78.7 Å². The third-order valence-corrected chi connectivity index (χ3v) is 2.47. The quantitative estimate of drug-likeness (QED) is 0.617. The molecule has 1 aromatic carbocycles. The lowest BCUT2D eigenvalue weighted by molar-refractivity contribution is 0.0847. The van der Waals surface area contributed by atoms with Gasteiger partial charge in [-0.25, -0.2) is 0 Å². The summed E-state index contributed by atoms with van der Waals surface area (Å²) in [6.07, 6.45) is 2.12. The van der Waals surface area contributed by atoms with Gasteiger partial charge in [-0.05, 0) is 50.5 Å². The van der Waals surface area contributed by atoms with Gasteiger partial charge in [-0.2, -0.15) is 0 Å². The molecule has 0 unspecified atom stereocenters. The molecule has 70 valence electrons. The first kappa shape index (κ1) is 8.42. The first-order valence-corrected chi connectivity index (χ1v) is 4.64. The Morgan fingerprint density at radius 3 is 2.92 bits per heavy atom. The zero-order chi connectivity index (χ0) is 9.47. The summed E-state index contributed by atoms with van der Waals surface area (Å²) in [7, 11) is 0. The summed E-state index contributed by atoms with van der Waals surface area (Å²) < 4.78 is 5.82. The average molecular weight is 177 g/mol. The Kier molecular flexibility index (Phi) is 1.72. The SMILES string of the molecule is CC1(C)CCc2cc(N)ccc2O1. The summed E-state index contributed by atoms with van der Waals surface area (Å²) in [5.41, 5.74) is 7.73. The number of ether oxygens (including phenoxy) is 1. The van der Waals surface area contributed by atoms with Gasteiger partial charge in [-0.3, -0.25) is 0 Å². The van der Waals surface area contributed by atoms with Crippen LogP contribution in [0.25, 0.3) is 0 Å². The van der Waals surface area contributed by atoms with E-state index in [0.717, 1.165) is 24.3 Å². The maximum Gasteiger partial charge on any atom is 0.123 e. The largest absolute Gasteiger partial charge is 0.488 e. The molecule has 0 radical (unpaired) electrons. The van der Waals surface area contributed by atoms with Crippen LogP contribution in [0.2, 0.25) is 0 Å². The normalized spacial score (nSPS) is 18.9. The Hall–Kier alpha value is -1.18. The van der Waals surface area contributed by atoms with E-state index in [1.54, 1.807) is 0 Å². The van der Waals surface area contributed by atoms with Gasteiger partial charge < -0.3 is 10.5 Å². The molecule has 2 heteroatoms. The summed E-state index contributed by atoms with van der Waals surface area (Å²) in [5, 5.41) is 0. The Morgan fingerprint density at radius 1 is 1.38 bits per heavy atom. The second-order valence-corrected chi connectivity index (χ2v) is 4.23. The topological polar surface area (TPSA) is 35.2 Å². The maximum atomic E-state index is 5.82. The minimum absolute atomic E-state index is 0.0247. The van der Waals surface area contributed by atoms with Crippen LogP contribution >= 0.6 is 0 Å². The molecule has 1 heterocycles. The predicted octanol–water partition coefficient (Wildman–Crippen LogP) is 2.37. The number of fused-ring (bicyclic) bond motifs is 1. The van der Waals surface area contributed by atoms with Crippen molar-refractivity contribution in [1.29, 1.82) is 0 Å². The van der Waals surface area contributed by atoms with Crippen LogP contribution in [0.5, 0.6) is 5.75 Å². The van der Waals surface area contributed by atoms with E-state index in [2.05, 4.69) is 13.8 Å². The number of nitrogens with two attached hydrogens (primary N) is 1. The van der Waals surface area contributed by atoms with Crippen LogP contribution < -0.4 is 10.5 Å². The van der Waals surface area contributed by atoms with E-state index in [0.29, 0.717) is 0 Å². The molecule has 2 nitrogen and oxygen atoms in total. The molecule has 13 heavy (non-hydrogen) atoms. The number of rotatable bonds is 0. The van der Waals surface area contributed by atoms with Crippen molar-refractivity contribution in [1.82, 2.24) is 0 Å². The highest BCUT2D eigenvalue weighted by molar-refractivity contribution is 5.48. The molecule has 0 atom stereocenters. The van der Waals surface area contributed by atoms with Crippen molar-refractivity contribution in [2.24, 2.45) is 0 Å². The predicted molar refractivity (Wildman–Crippen MR) is 53.9 cm³/mol. The molecule has 0 amide bonds. The number of benzene rings is 1. The van der Waals surface area contributed by atoms with Gasteiger partial charge in [0.15, 0.2) is 0 Å². The van der Waals surface area contributed by atoms with E-state index >= 15 is 0 Å². The molecular weight excluding hydrogens is 162 g/mol. The molecule has 0 fully saturated rings. The van der Waals surface area contributed by atoms with E-state index in [1.165, 1.54) is 5.56 Å². The highest BCUT2D eigenvalue weighted by Gasteiger charge is 2.26. The van der Waals surface area contributed by atoms with Crippen molar-refractivity contribution in [2.45, 2.75) is 32.3 Å². The van der Waals surface area contributed by atoms with Crippen molar-refractivity contribution < 1.29 is 4.74 Å². The molecule has 0 aromatic heterocycles. The standard InChI is InChI=1S/C11H15NO/c1-11(2)6-5-8-7-9(12)3-4-10(8)13-11/h3-4,7H,5-6,12H2,1-2H3. The van der Waals surface area contributed by atoms with E-state index in [9.17, 15) is 0 Å². The molecule has 2 N–H and O–H groups in total. The first-order valence-electron chi connectivity index (χ1n) is 4.64. The van der Waals surface area contributed by atoms with E-state index in [1.807, 2.05) is 18.2 Å². The summed E-state index contributed by atoms with van der Waals surface area (Å²) in [6, 6.07) is 5.86. The monoisotopic (exact) mass is 177 g/mol. The maximum absolute atomic E-state index is 5.82. The van der Waals surface area contributed by atoms with Crippen molar-refractivity contribution >= 4 is 5.69 Å². The van der Waals surface area contributed by atoms with Crippen molar-refractivity contribution in [3.63, 3.8) is 0 Å². The molecule has 2 rings (SSSR count). The summed E-state index contributed by atoms with van der Waals surface area (Å²) in [4.78, 5) is 0. The smallest absolute Gasteiger partial charge is 0.123 e. The fourth-order valence-electron chi connectivity index (χ4n) is 1.68. The molecular formula is C11H15NO. The summed E-state index contributed by atoms with van der Waals surface area (Å²) in [5.74, 6) is 0.991. The highest BCUT2D eigenvalue weighted by Crippen LogP contribution is 2.33. The molecule has 0 aliphatic carbocycles. The highest BCUT2D eigenvalue weighted by atomic mass is 16.5. The third-order valence-electron chi connectivity index (χ3n) is 2.47. The second-order valence-electron chi connectivity index (χ2n) is 4.23. The van der Waals surface area contributed by atoms with Crippen LogP contribution in [-0.4, -0.2) is 5.60 Å². The van der Waals surface area contributed by atoms with Crippen LogP contribution in [0.3, 0.4) is 0 Å². The number of nitrogen functional groups attached to an aromatic ring is 1. The number of anilines is 1. The van der Waals surface area contributed by atoms with Gasteiger partial charge in [0.1, 0.15) is 11.4 Å². The van der Waals surface area contributed by atoms with E-state index in [4.69, 9.17) is 10.5 Å². The van der Waals surface area contributed by atoms with Gasteiger partial charge >= 0.3 is 0 Å². The van der Waals surface area contributed by atoms with Crippen LogP contribution in [0.15, 0.2) is 18.2 Å². The van der Waals surface area contributed by atoms with Crippen molar-refractivity contribution in [2.75, 3.05) is 5.73 Å². The number of aryl methyl sites for hydroxylation is 1. The Balaban J connectivity index is 2.37. The molecule has 0 bridgehead atoms. The van der Waals surface area contributed by atoms with Crippen molar-refractivity contribution in [3.05, 3.63) is 23.8 Å². The second kappa shape index (κ2) is 2.66. The van der Waals surface area contributed by atoms with Crippen molar-refractivity contribution in [3.8, 4) is 5.75 Å². The first-order chi connectivity index (χ1) is 6.07. The minimum atomic E-state index is -0.0247. The van der Waals surface area contributed by atoms with E-state index in [-0.39, 0.29) is 5.60 Å². The van der Waals surface area contributed by atoms with Crippen LogP contribution in [0.4, 0.5) is 5.69 Å². The average Bonchev–Trinajstić information content (AvgIpc) is 2.05. The molecule has 1 aliphatic rings. The number of hydrogen-bond donors (Lipinski definition) is 1. The fraction of sp³-hybridized carbons (Fsp3) is 0.455. The lowest BCUT2D eigenvalue weighted by Gasteiger charge is -2.32. The molecule has 0 saturated carbocycles. The molecule has 0 saturated heterocycles. The van der Waals surface area contributed by atoms with Gasteiger partial charge in [-0.1, -0.05) is 0 Å². The number of hydrogen-bond acceptors (Lipinski definition) is 2. The van der Waals surface area contributed by atoms with Gasteiger partial charge in [0.25, 0.3) is 0 Å². The fourth-order valence-corrected chi connectivity index (χ4v) is 1.68. The third kappa shape index (κ3) is 1.62. The zero-order valence-corrected chi connectivity index (χ0v) is 8.13. The lowest BCUT2D eigenvalue weighted by Crippen LogP contribution is -2.32. The Bertz CT molecular complexity index is 331. The van der Waals surface area contributed by atoms with Crippen LogP contribution in [0.1, 0.15) is 25.8 Å². The van der Waals surface area contributed by atoms with Gasteiger partial charge in [0, 0.05) is 5.69 Å². The summed E-state index contributed by atoms with van der Waals surface area (Å²) in [6.45, 7) is 4.23. The van der Waals surface area contributed by atoms with Gasteiger partial charge in [0.05, 0.1) is 0 Å². The van der Waals surface area contributed by atoms with Crippen LogP contribution in [0, 0.1) is 0 Å². The molecule has 0 spiro atoms. The van der Waals surface area contributed by atoms with E-state index < -0.39 is 0 Å². The molecule has 1 aromatic rings. The minimum Gasteiger partial charge on any atom is -0.488 e. The van der Waals surface area contributed by atoms with Gasteiger partial charge in [-0.15, -0.1) is 0 Å². The Morgan fingerprint density at radius 2 is 2.15 bits per heavy atom. The van der Waals surface area contributed by atoms with Crippen LogP contribution in [-0.2, 0) is 6.42 Å². The lowest BCUT2D eigenvalue weighted by atomic mass is 9.94. The molecule has 1 aliphatic heterocycles. The summed E-state index contributed by atoms with van der Waals surface area (Å²) >= 11 is 0. The zero-order valence-electron chi connectivity index (χ0n) is 8.13. The van der Waals surface area contributed by atoms with Gasteiger partial charge in [0.2, 0.25) is 0 Å².